The first-order valence-electron chi connectivity index (χ1n) is 1.91. The lowest BCUT2D eigenvalue weighted by atomic mass is 10.2. The van der Waals surface area contributed by atoms with Gasteiger partial charge in [-0.15, -0.1) is 0 Å². The van der Waals surface area contributed by atoms with Gasteiger partial charge in [0.05, 0.1) is 12.0 Å². The molecule has 0 bridgehead atoms. The summed E-state index contributed by atoms with van der Waals surface area (Å²) in [5.41, 5.74) is 5.06. The standard InChI is InChI=1S/C4H8N2/c1-4(2-5)3-6/h4H,2,5H2,1H3/t4-/m1/s1. The largest absolute Gasteiger partial charge is 0.329 e. The summed E-state index contributed by atoms with van der Waals surface area (Å²) < 4.78 is 0. The van der Waals surface area contributed by atoms with Gasteiger partial charge in [0.1, 0.15) is 0 Å². The Balaban J connectivity index is 3.04. The summed E-state index contributed by atoms with van der Waals surface area (Å²) in [4.78, 5) is 0. The van der Waals surface area contributed by atoms with Crippen molar-refractivity contribution in [2.24, 2.45) is 11.7 Å². The number of hydrogen-bond donors (Lipinski definition) is 1. The Hall–Kier alpha value is -0.550. The molecule has 0 spiro atoms. The van der Waals surface area contributed by atoms with Crippen molar-refractivity contribution in [2.45, 2.75) is 6.92 Å². The van der Waals surface area contributed by atoms with Gasteiger partial charge >= 0.3 is 0 Å². The molecular weight excluding hydrogens is 76.1 g/mol. The third-order valence-electron chi connectivity index (χ3n) is 0.574. The Kier molecular flexibility index (Phi) is 2.43. The number of hydrogen-bond acceptors (Lipinski definition) is 2. The van der Waals surface area contributed by atoms with Gasteiger partial charge in [-0.25, -0.2) is 0 Å². The SMILES string of the molecule is C[C@@H](C#N)CN. The van der Waals surface area contributed by atoms with Crippen molar-refractivity contribution in [3.8, 4) is 6.07 Å². The van der Waals surface area contributed by atoms with E-state index < -0.39 is 0 Å². The topological polar surface area (TPSA) is 49.8 Å². The fourth-order valence-corrected chi connectivity index (χ4v) is 0.0527. The van der Waals surface area contributed by atoms with Crippen molar-refractivity contribution in [3.63, 3.8) is 0 Å². The Morgan fingerprint density at radius 1 is 2.00 bits per heavy atom. The summed E-state index contributed by atoms with van der Waals surface area (Å²) in [5, 5.41) is 8.00. The number of nitrogens with two attached hydrogens (primary N) is 1. The van der Waals surface area contributed by atoms with Crippen LogP contribution in [0.1, 0.15) is 6.92 Å². The maximum atomic E-state index is 8.00. The zero-order valence-electron chi connectivity index (χ0n) is 3.81. The number of rotatable bonds is 1. The lowest BCUT2D eigenvalue weighted by molar-refractivity contribution is 0.755. The van der Waals surface area contributed by atoms with Crippen molar-refractivity contribution in [2.75, 3.05) is 6.54 Å². The van der Waals surface area contributed by atoms with Crippen LogP contribution in [-0.2, 0) is 0 Å². The van der Waals surface area contributed by atoms with Crippen molar-refractivity contribution >= 4 is 0 Å². The van der Waals surface area contributed by atoms with E-state index in [1.807, 2.05) is 6.07 Å². The maximum Gasteiger partial charge on any atom is 0.0666 e. The Morgan fingerprint density at radius 2 is 2.50 bits per heavy atom. The molecular formula is C4H8N2. The van der Waals surface area contributed by atoms with Crippen LogP contribution in [0.2, 0.25) is 0 Å². The quantitative estimate of drug-likeness (QED) is 0.490. The van der Waals surface area contributed by atoms with Crippen molar-refractivity contribution in [1.29, 1.82) is 5.26 Å². The molecule has 0 saturated heterocycles. The van der Waals surface area contributed by atoms with Crippen LogP contribution in [-0.4, -0.2) is 6.54 Å². The van der Waals surface area contributed by atoms with Gasteiger partial charge < -0.3 is 5.73 Å². The molecule has 1 atom stereocenters. The van der Waals surface area contributed by atoms with E-state index in [-0.39, 0.29) is 5.92 Å². The second kappa shape index (κ2) is 2.67. The highest BCUT2D eigenvalue weighted by atomic mass is 14.5. The zero-order valence-corrected chi connectivity index (χ0v) is 3.81. The molecule has 0 saturated carbocycles. The van der Waals surface area contributed by atoms with Gasteiger partial charge in [0.25, 0.3) is 0 Å². The summed E-state index contributed by atoms with van der Waals surface area (Å²) >= 11 is 0. The normalized spacial score (nSPS) is 12.8. The minimum absolute atomic E-state index is 0.0185. The molecule has 2 heteroatoms. The molecule has 2 N–H and O–H groups in total. The average Bonchev–Trinajstić information content (AvgIpc) is 1.65. The van der Waals surface area contributed by atoms with E-state index in [9.17, 15) is 0 Å². The van der Waals surface area contributed by atoms with Gasteiger partial charge in [-0.2, -0.15) is 5.26 Å². The summed E-state index contributed by atoms with van der Waals surface area (Å²) in [6.07, 6.45) is 0. The van der Waals surface area contributed by atoms with Gasteiger partial charge in [0.15, 0.2) is 0 Å². The third-order valence-corrected chi connectivity index (χ3v) is 0.574. The van der Waals surface area contributed by atoms with E-state index in [0.29, 0.717) is 6.54 Å². The Labute approximate surface area is 37.6 Å². The van der Waals surface area contributed by atoms with Gasteiger partial charge in [0.2, 0.25) is 0 Å². The molecule has 0 aliphatic carbocycles. The van der Waals surface area contributed by atoms with E-state index in [2.05, 4.69) is 0 Å². The third kappa shape index (κ3) is 1.74. The first kappa shape index (κ1) is 5.45. The fraction of sp³-hybridized carbons (Fsp3) is 0.750. The molecule has 0 radical (unpaired) electrons. The van der Waals surface area contributed by atoms with Crippen LogP contribution >= 0.6 is 0 Å². The molecule has 34 valence electrons. The van der Waals surface area contributed by atoms with E-state index >= 15 is 0 Å². The molecule has 0 aliphatic rings. The summed E-state index contributed by atoms with van der Waals surface area (Å²) in [5.74, 6) is 0.0185. The van der Waals surface area contributed by atoms with Crippen LogP contribution in [0.3, 0.4) is 0 Å². The summed E-state index contributed by atoms with van der Waals surface area (Å²) in [7, 11) is 0. The van der Waals surface area contributed by atoms with Crippen LogP contribution in [0.5, 0.6) is 0 Å². The lowest BCUT2D eigenvalue weighted by Crippen LogP contribution is -2.07. The predicted octanol–water partition coefficient (Wildman–Crippen LogP) is 0.105. The Bertz CT molecular complexity index is 62.4. The average molecular weight is 84.1 g/mol. The number of nitrogens with zero attached hydrogens (tertiary/aromatic N) is 1. The molecule has 0 aliphatic heterocycles. The Morgan fingerprint density at radius 3 is 2.50 bits per heavy atom. The van der Waals surface area contributed by atoms with Crippen LogP contribution in [0, 0.1) is 17.2 Å². The smallest absolute Gasteiger partial charge is 0.0666 e. The van der Waals surface area contributed by atoms with Crippen molar-refractivity contribution in [1.82, 2.24) is 0 Å². The van der Waals surface area contributed by atoms with E-state index in [1.54, 1.807) is 6.92 Å². The van der Waals surface area contributed by atoms with Crippen molar-refractivity contribution in [3.05, 3.63) is 0 Å². The molecule has 0 amide bonds. The van der Waals surface area contributed by atoms with Crippen LogP contribution in [0.15, 0.2) is 0 Å². The highest BCUT2D eigenvalue weighted by molar-refractivity contribution is 4.78. The number of nitriles is 1. The van der Waals surface area contributed by atoms with Gasteiger partial charge in [-0.1, -0.05) is 0 Å². The molecule has 0 aromatic rings. The van der Waals surface area contributed by atoms with Crippen LogP contribution in [0.25, 0.3) is 0 Å². The van der Waals surface area contributed by atoms with Gasteiger partial charge in [0, 0.05) is 6.54 Å². The zero-order chi connectivity index (χ0) is 4.99. The molecule has 0 heterocycles. The molecule has 0 rings (SSSR count). The van der Waals surface area contributed by atoms with Crippen LogP contribution < -0.4 is 5.73 Å². The molecule has 2 nitrogen and oxygen atoms in total. The molecule has 0 fully saturated rings. The van der Waals surface area contributed by atoms with Crippen molar-refractivity contribution < 1.29 is 0 Å². The lowest BCUT2D eigenvalue weighted by Gasteiger charge is -1.87. The molecule has 6 heavy (non-hydrogen) atoms. The van der Waals surface area contributed by atoms with Crippen LogP contribution in [0.4, 0.5) is 0 Å². The maximum absolute atomic E-state index is 8.00. The summed E-state index contributed by atoms with van der Waals surface area (Å²) in [6.45, 7) is 2.26. The fourth-order valence-electron chi connectivity index (χ4n) is 0.0527. The minimum atomic E-state index is 0.0185. The second-order valence-electron chi connectivity index (χ2n) is 1.27. The van der Waals surface area contributed by atoms with E-state index in [4.69, 9.17) is 11.0 Å². The first-order valence-corrected chi connectivity index (χ1v) is 1.91. The molecule has 0 unspecified atom stereocenters. The molecule has 0 aromatic heterocycles. The monoisotopic (exact) mass is 84.1 g/mol. The summed E-state index contributed by atoms with van der Waals surface area (Å²) in [6, 6.07) is 1.99. The second-order valence-corrected chi connectivity index (χ2v) is 1.27. The predicted molar refractivity (Wildman–Crippen MR) is 23.8 cm³/mol. The highest BCUT2D eigenvalue weighted by Crippen LogP contribution is 1.82. The first-order chi connectivity index (χ1) is 2.81. The van der Waals surface area contributed by atoms with E-state index in [0.717, 1.165) is 0 Å². The highest BCUT2D eigenvalue weighted by Gasteiger charge is 1.88. The van der Waals surface area contributed by atoms with Gasteiger partial charge in [-0.05, 0) is 6.92 Å². The molecule has 0 aromatic carbocycles. The van der Waals surface area contributed by atoms with E-state index in [1.165, 1.54) is 0 Å². The minimum Gasteiger partial charge on any atom is -0.329 e. The van der Waals surface area contributed by atoms with Gasteiger partial charge in [-0.3, -0.25) is 0 Å².